The van der Waals surface area contributed by atoms with Crippen LogP contribution in [0.25, 0.3) is 0 Å². The monoisotopic (exact) mass is 191 g/mol. The van der Waals surface area contributed by atoms with Crippen LogP contribution in [0.1, 0.15) is 23.1 Å². The van der Waals surface area contributed by atoms with E-state index in [9.17, 15) is 0 Å². The van der Waals surface area contributed by atoms with Gasteiger partial charge < -0.3 is 10.4 Å². The summed E-state index contributed by atoms with van der Waals surface area (Å²) in [5.41, 5.74) is 4.18. The van der Waals surface area contributed by atoms with E-state index in [1.165, 1.54) is 29.5 Å². The maximum absolute atomic E-state index is 8.97. The Kier molecular flexibility index (Phi) is 3.17. The highest BCUT2D eigenvalue weighted by molar-refractivity contribution is 5.36. The summed E-state index contributed by atoms with van der Waals surface area (Å²) in [4.78, 5) is 0. The molecule has 0 bridgehead atoms. The van der Waals surface area contributed by atoms with Crippen LogP contribution in [0, 0.1) is 0 Å². The molecule has 0 saturated heterocycles. The standard InChI is InChI=1S/C12H17NO/c14-8-6-11-4-1-3-10-5-2-7-13-9-12(10)11/h1,3-4,13-14H,2,5-9H2. The van der Waals surface area contributed by atoms with Crippen LogP contribution in [0.2, 0.25) is 0 Å². The summed E-state index contributed by atoms with van der Waals surface area (Å²) in [6, 6.07) is 6.44. The number of hydrogen-bond acceptors (Lipinski definition) is 2. The van der Waals surface area contributed by atoms with Gasteiger partial charge in [-0.3, -0.25) is 0 Å². The van der Waals surface area contributed by atoms with Gasteiger partial charge in [-0.1, -0.05) is 18.2 Å². The molecule has 0 atom stereocenters. The van der Waals surface area contributed by atoms with E-state index >= 15 is 0 Å². The SMILES string of the molecule is OCCc1cccc2c1CNCCC2. The number of rotatable bonds is 2. The Labute approximate surface area is 85.0 Å². The van der Waals surface area contributed by atoms with Gasteiger partial charge in [-0.15, -0.1) is 0 Å². The predicted molar refractivity (Wildman–Crippen MR) is 57.3 cm³/mol. The van der Waals surface area contributed by atoms with Gasteiger partial charge in [0.25, 0.3) is 0 Å². The maximum atomic E-state index is 8.97. The molecule has 2 rings (SSSR count). The van der Waals surface area contributed by atoms with E-state index in [0.29, 0.717) is 0 Å². The Morgan fingerprint density at radius 3 is 3.14 bits per heavy atom. The highest BCUT2D eigenvalue weighted by Gasteiger charge is 2.10. The Bertz CT molecular complexity index is 309. The third kappa shape index (κ3) is 1.97. The number of benzene rings is 1. The third-order valence-corrected chi connectivity index (χ3v) is 2.85. The summed E-state index contributed by atoms with van der Waals surface area (Å²) in [5.74, 6) is 0. The average molecular weight is 191 g/mol. The highest BCUT2D eigenvalue weighted by atomic mass is 16.2. The zero-order chi connectivity index (χ0) is 9.80. The normalized spacial score (nSPS) is 16.1. The molecule has 0 amide bonds. The number of hydrogen-bond donors (Lipinski definition) is 2. The van der Waals surface area contributed by atoms with E-state index in [1.807, 2.05) is 0 Å². The first-order valence-electron chi connectivity index (χ1n) is 5.33. The fourth-order valence-electron chi connectivity index (χ4n) is 2.12. The first kappa shape index (κ1) is 9.69. The van der Waals surface area contributed by atoms with E-state index in [0.717, 1.165) is 19.5 Å². The summed E-state index contributed by atoms with van der Waals surface area (Å²) in [5, 5.41) is 12.4. The Morgan fingerprint density at radius 2 is 2.29 bits per heavy atom. The molecule has 1 heterocycles. The van der Waals surface area contributed by atoms with Crippen molar-refractivity contribution in [3.05, 3.63) is 34.9 Å². The Hall–Kier alpha value is -0.860. The molecule has 1 aromatic carbocycles. The molecule has 0 aromatic heterocycles. The van der Waals surface area contributed by atoms with Gasteiger partial charge in [0.05, 0.1) is 0 Å². The van der Waals surface area contributed by atoms with Crippen molar-refractivity contribution in [3.63, 3.8) is 0 Å². The van der Waals surface area contributed by atoms with Crippen molar-refractivity contribution in [2.75, 3.05) is 13.2 Å². The molecule has 2 heteroatoms. The van der Waals surface area contributed by atoms with Crippen LogP contribution in [-0.2, 0) is 19.4 Å². The lowest BCUT2D eigenvalue weighted by molar-refractivity contribution is 0.299. The fourth-order valence-corrected chi connectivity index (χ4v) is 2.12. The van der Waals surface area contributed by atoms with Gasteiger partial charge in [-0.2, -0.15) is 0 Å². The summed E-state index contributed by atoms with van der Waals surface area (Å²) in [6.07, 6.45) is 3.17. The lowest BCUT2D eigenvalue weighted by atomic mass is 9.97. The number of fused-ring (bicyclic) bond motifs is 1. The molecule has 0 saturated carbocycles. The van der Waals surface area contributed by atoms with Gasteiger partial charge in [0.1, 0.15) is 0 Å². The molecule has 1 aliphatic heterocycles. The molecule has 2 nitrogen and oxygen atoms in total. The Balaban J connectivity index is 2.32. The van der Waals surface area contributed by atoms with Gasteiger partial charge >= 0.3 is 0 Å². The molecule has 1 aliphatic rings. The average Bonchev–Trinajstić information content (AvgIpc) is 2.44. The van der Waals surface area contributed by atoms with Crippen molar-refractivity contribution < 1.29 is 5.11 Å². The second-order valence-electron chi connectivity index (χ2n) is 3.81. The minimum atomic E-state index is 0.246. The van der Waals surface area contributed by atoms with Crippen molar-refractivity contribution >= 4 is 0 Å². The second-order valence-corrected chi connectivity index (χ2v) is 3.81. The number of aliphatic hydroxyl groups is 1. The van der Waals surface area contributed by atoms with Crippen molar-refractivity contribution in [1.82, 2.24) is 5.32 Å². The minimum Gasteiger partial charge on any atom is -0.396 e. The third-order valence-electron chi connectivity index (χ3n) is 2.85. The van der Waals surface area contributed by atoms with Crippen LogP contribution < -0.4 is 5.32 Å². The number of nitrogens with one attached hydrogen (secondary N) is 1. The van der Waals surface area contributed by atoms with E-state index < -0.39 is 0 Å². The molecule has 0 spiro atoms. The maximum Gasteiger partial charge on any atom is 0.0471 e. The summed E-state index contributed by atoms with van der Waals surface area (Å²) in [7, 11) is 0. The smallest absolute Gasteiger partial charge is 0.0471 e. The molecule has 0 fully saturated rings. The summed E-state index contributed by atoms with van der Waals surface area (Å²) >= 11 is 0. The van der Waals surface area contributed by atoms with Crippen LogP contribution in [0.5, 0.6) is 0 Å². The predicted octanol–water partition coefficient (Wildman–Crippen LogP) is 1.26. The largest absolute Gasteiger partial charge is 0.396 e. The van der Waals surface area contributed by atoms with Crippen LogP contribution in [-0.4, -0.2) is 18.3 Å². The summed E-state index contributed by atoms with van der Waals surface area (Å²) < 4.78 is 0. The zero-order valence-electron chi connectivity index (χ0n) is 8.42. The molecular formula is C12H17NO. The lowest BCUT2D eigenvalue weighted by Crippen LogP contribution is -2.13. The van der Waals surface area contributed by atoms with Gasteiger partial charge in [0, 0.05) is 13.2 Å². The van der Waals surface area contributed by atoms with Crippen LogP contribution in [0.4, 0.5) is 0 Å². The molecule has 14 heavy (non-hydrogen) atoms. The van der Waals surface area contributed by atoms with Crippen molar-refractivity contribution in [3.8, 4) is 0 Å². The molecule has 1 aromatic rings. The van der Waals surface area contributed by atoms with E-state index in [-0.39, 0.29) is 6.61 Å². The topological polar surface area (TPSA) is 32.3 Å². The molecule has 2 N–H and O–H groups in total. The van der Waals surface area contributed by atoms with Gasteiger partial charge in [0.15, 0.2) is 0 Å². The van der Waals surface area contributed by atoms with Gasteiger partial charge in [-0.05, 0) is 42.5 Å². The minimum absolute atomic E-state index is 0.246. The molecule has 76 valence electrons. The fraction of sp³-hybridized carbons (Fsp3) is 0.500. The lowest BCUT2D eigenvalue weighted by Gasteiger charge is -2.11. The Morgan fingerprint density at radius 1 is 1.36 bits per heavy atom. The van der Waals surface area contributed by atoms with E-state index in [1.54, 1.807) is 0 Å². The first-order valence-corrected chi connectivity index (χ1v) is 5.33. The quantitative estimate of drug-likeness (QED) is 0.737. The molecule has 0 radical (unpaired) electrons. The van der Waals surface area contributed by atoms with E-state index in [4.69, 9.17) is 5.11 Å². The van der Waals surface area contributed by atoms with E-state index in [2.05, 4.69) is 23.5 Å². The van der Waals surface area contributed by atoms with Gasteiger partial charge in [0.2, 0.25) is 0 Å². The first-order chi connectivity index (χ1) is 6.92. The van der Waals surface area contributed by atoms with Crippen molar-refractivity contribution in [2.24, 2.45) is 0 Å². The second kappa shape index (κ2) is 4.58. The molecule has 0 unspecified atom stereocenters. The van der Waals surface area contributed by atoms with Crippen molar-refractivity contribution in [2.45, 2.75) is 25.8 Å². The molecule has 0 aliphatic carbocycles. The highest BCUT2D eigenvalue weighted by Crippen LogP contribution is 2.19. The van der Waals surface area contributed by atoms with Crippen LogP contribution in [0.3, 0.4) is 0 Å². The number of aliphatic hydroxyl groups excluding tert-OH is 1. The van der Waals surface area contributed by atoms with Crippen molar-refractivity contribution in [1.29, 1.82) is 0 Å². The zero-order valence-corrected chi connectivity index (χ0v) is 8.42. The number of aryl methyl sites for hydroxylation is 1. The van der Waals surface area contributed by atoms with Gasteiger partial charge in [-0.25, -0.2) is 0 Å². The molecular weight excluding hydrogens is 174 g/mol. The van der Waals surface area contributed by atoms with Crippen LogP contribution in [0.15, 0.2) is 18.2 Å². The van der Waals surface area contributed by atoms with Crippen LogP contribution >= 0.6 is 0 Å². The summed E-state index contributed by atoms with van der Waals surface area (Å²) in [6.45, 7) is 2.31.